The van der Waals surface area contributed by atoms with E-state index in [9.17, 15) is 4.79 Å². The van der Waals surface area contributed by atoms with E-state index in [-0.39, 0.29) is 11.8 Å². The van der Waals surface area contributed by atoms with Gasteiger partial charge in [0.25, 0.3) is 0 Å². The van der Waals surface area contributed by atoms with Crippen molar-refractivity contribution in [2.75, 3.05) is 13.2 Å². The minimum atomic E-state index is -0.753. The topological polar surface area (TPSA) is 46.5 Å². The summed E-state index contributed by atoms with van der Waals surface area (Å²) in [4.78, 5) is 10.4. The lowest BCUT2D eigenvalue weighted by molar-refractivity contribution is -0.143. The number of carboxylic acids is 1. The van der Waals surface area contributed by atoms with E-state index in [4.69, 9.17) is 9.84 Å². The molecule has 2 atom stereocenters. The zero-order valence-corrected chi connectivity index (χ0v) is 7.33. The van der Waals surface area contributed by atoms with Gasteiger partial charge in [-0.15, -0.1) is 0 Å². The summed E-state index contributed by atoms with van der Waals surface area (Å²) in [6.45, 7) is 6.67. The molecule has 0 saturated carbocycles. The molecule has 3 heteroatoms. The zero-order valence-electron chi connectivity index (χ0n) is 7.33. The summed E-state index contributed by atoms with van der Waals surface area (Å²) in [5.74, 6) is -0.980. The van der Waals surface area contributed by atoms with E-state index >= 15 is 0 Å². The van der Waals surface area contributed by atoms with Crippen molar-refractivity contribution in [3.05, 3.63) is 0 Å². The van der Waals surface area contributed by atoms with E-state index < -0.39 is 5.97 Å². The van der Waals surface area contributed by atoms with Gasteiger partial charge in [0.2, 0.25) is 0 Å². The van der Waals surface area contributed by atoms with Gasteiger partial charge in [-0.1, -0.05) is 13.8 Å². The van der Waals surface area contributed by atoms with Crippen molar-refractivity contribution in [1.29, 1.82) is 0 Å². The fourth-order valence-electron chi connectivity index (χ4n) is 0.691. The second-order valence-electron chi connectivity index (χ2n) is 2.76. The summed E-state index contributed by atoms with van der Waals surface area (Å²) >= 11 is 0. The highest BCUT2D eigenvalue weighted by Gasteiger charge is 2.18. The van der Waals surface area contributed by atoms with Crippen LogP contribution < -0.4 is 0 Å². The third-order valence-electron chi connectivity index (χ3n) is 1.83. The lowest BCUT2D eigenvalue weighted by Crippen LogP contribution is -2.22. The first-order chi connectivity index (χ1) is 5.09. The Morgan fingerprint density at radius 2 is 2.09 bits per heavy atom. The first-order valence-electron chi connectivity index (χ1n) is 3.90. The Morgan fingerprint density at radius 1 is 1.55 bits per heavy atom. The Bertz CT molecular complexity index is 123. The van der Waals surface area contributed by atoms with Crippen LogP contribution in [0.3, 0.4) is 0 Å². The van der Waals surface area contributed by atoms with Crippen LogP contribution in [0.1, 0.15) is 20.8 Å². The molecule has 3 nitrogen and oxygen atoms in total. The summed E-state index contributed by atoms with van der Waals surface area (Å²) < 4.78 is 5.10. The van der Waals surface area contributed by atoms with Crippen LogP contribution in [0.25, 0.3) is 0 Å². The minimum absolute atomic E-state index is 0.0902. The molecule has 0 spiro atoms. The average Bonchev–Trinajstić information content (AvgIpc) is 1.98. The molecule has 0 heterocycles. The number of ether oxygens (including phenoxy) is 1. The summed E-state index contributed by atoms with van der Waals surface area (Å²) in [5.41, 5.74) is 0. The molecule has 0 aromatic heterocycles. The predicted molar refractivity (Wildman–Crippen MR) is 42.5 cm³/mol. The summed E-state index contributed by atoms with van der Waals surface area (Å²) in [5, 5.41) is 8.60. The molecule has 0 aliphatic carbocycles. The molecule has 0 aliphatic rings. The third-order valence-corrected chi connectivity index (χ3v) is 1.83. The Balaban J connectivity index is 3.63. The zero-order chi connectivity index (χ0) is 8.85. The van der Waals surface area contributed by atoms with Gasteiger partial charge in [-0.3, -0.25) is 4.79 Å². The number of hydrogen-bond donors (Lipinski definition) is 1. The average molecular weight is 160 g/mol. The first kappa shape index (κ1) is 10.4. The number of rotatable bonds is 5. The molecule has 2 unspecified atom stereocenters. The van der Waals surface area contributed by atoms with E-state index in [1.807, 2.05) is 13.8 Å². The maximum Gasteiger partial charge on any atom is 0.306 e. The van der Waals surface area contributed by atoms with Gasteiger partial charge in [-0.25, -0.2) is 0 Å². The highest BCUT2D eigenvalue weighted by Crippen LogP contribution is 2.10. The SMILES string of the molecule is CCOCC(C)C(C)C(=O)O. The van der Waals surface area contributed by atoms with Crippen molar-refractivity contribution in [2.45, 2.75) is 20.8 Å². The summed E-state index contributed by atoms with van der Waals surface area (Å²) in [6, 6.07) is 0. The molecule has 0 fully saturated rings. The van der Waals surface area contributed by atoms with Gasteiger partial charge < -0.3 is 9.84 Å². The molecule has 0 amide bonds. The highest BCUT2D eigenvalue weighted by atomic mass is 16.5. The Morgan fingerprint density at radius 3 is 2.45 bits per heavy atom. The van der Waals surface area contributed by atoms with Crippen molar-refractivity contribution in [2.24, 2.45) is 11.8 Å². The molecule has 66 valence electrons. The maximum absolute atomic E-state index is 10.4. The number of aliphatic carboxylic acids is 1. The molecule has 0 bridgehead atoms. The second kappa shape index (κ2) is 5.13. The van der Waals surface area contributed by atoms with Crippen LogP contribution in [-0.4, -0.2) is 24.3 Å². The van der Waals surface area contributed by atoms with Gasteiger partial charge >= 0.3 is 5.97 Å². The summed E-state index contributed by atoms with van der Waals surface area (Å²) in [6.07, 6.45) is 0. The van der Waals surface area contributed by atoms with Gasteiger partial charge in [0, 0.05) is 13.2 Å². The van der Waals surface area contributed by atoms with Crippen LogP contribution in [0.5, 0.6) is 0 Å². The van der Waals surface area contributed by atoms with Crippen LogP contribution in [-0.2, 0) is 9.53 Å². The molecule has 0 rings (SSSR count). The van der Waals surface area contributed by atoms with Crippen molar-refractivity contribution in [1.82, 2.24) is 0 Å². The van der Waals surface area contributed by atoms with E-state index in [0.29, 0.717) is 13.2 Å². The molecule has 0 aromatic rings. The van der Waals surface area contributed by atoms with Gasteiger partial charge in [0.05, 0.1) is 5.92 Å². The predicted octanol–water partition coefficient (Wildman–Crippen LogP) is 1.38. The van der Waals surface area contributed by atoms with E-state index in [2.05, 4.69) is 0 Å². The molecule has 11 heavy (non-hydrogen) atoms. The number of carbonyl (C=O) groups is 1. The Labute approximate surface area is 67.4 Å². The lowest BCUT2D eigenvalue weighted by Gasteiger charge is -2.14. The van der Waals surface area contributed by atoms with E-state index in [1.54, 1.807) is 6.92 Å². The van der Waals surface area contributed by atoms with Crippen LogP contribution in [0.15, 0.2) is 0 Å². The maximum atomic E-state index is 10.4. The second-order valence-corrected chi connectivity index (χ2v) is 2.76. The molecule has 0 aromatic carbocycles. The molecule has 0 radical (unpaired) electrons. The largest absolute Gasteiger partial charge is 0.481 e. The monoisotopic (exact) mass is 160 g/mol. The van der Waals surface area contributed by atoms with E-state index in [0.717, 1.165) is 0 Å². The van der Waals surface area contributed by atoms with Crippen molar-refractivity contribution in [3.8, 4) is 0 Å². The standard InChI is InChI=1S/C8H16O3/c1-4-11-5-6(2)7(3)8(9)10/h6-7H,4-5H2,1-3H3,(H,9,10). The Hall–Kier alpha value is -0.570. The molecule has 0 saturated heterocycles. The lowest BCUT2D eigenvalue weighted by atomic mass is 9.97. The molecular weight excluding hydrogens is 144 g/mol. The van der Waals surface area contributed by atoms with Crippen LogP contribution >= 0.6 is 0 Å². The van der Waals surface area contributed by atoms with E-state index in [1.165, 1.54) is 0 Å². The Kier molecular flexibility index (Phi) is 4.86. The first-order valence-corrected chi connectivity index (χ1v) is 3.90. The highest BCUT2D eigenvalue weighted by molar-refractivity contribution is 5.69. The number of carboxylic acid groups (broad SMARTS) is 1. The van der Waals surface area contributed by atoms with Gasteiger partial charge in [-0.05, 0) is 12.8 Å². The smallest absolute Gasteiger partial charge is 0.306 e. The fourth-order valence-corrected chi connectivity index (χ4v) is 0.691. The quantitative estimate of drug-likeness (QED) is 0.661. The van der Waals surface area contributed by atoms with Crippen LogP contribution in [0.2, 0.25) is 0 Å². The van der Waals surface area contributed by atoms with Crippen molar-refractivity contribution >= 4 is 5.97 Å². The minimum Gasteiger partial charge on any atom is -0.481 e. The number of hydrogen-bond acceptors (Lipinski definition) is 2. The normalized spacial score (nSPS) is 15.9. The fraction of sp³-hybridized carbons (Fsp3) is 0.875. The van der Waals surface area contributed by atoms with Gasteiger partial charge in [0.15, 0.2) is 0 Å². The van der Waals surface area contributed by atoms with Crippen LogP contribution in [0.4, 0.5) is 0 Å². The van der Waals surface area contributed by atoms with Crippen LogP contribution in [0, 0.1) is 11.8 Å². The molecule has 1 N–H and O–H groups in total. The van der Waals surface area contributed by atoms with Gasteiger partial charge in [0.1, 0.15) is 0 Å². The third kappa shape index (κ3) is 3.98. The van der Waals surface area contributed by atoms with Crippen molar-refractivity contribution < 1.29 is 14.6 Å². The van der Waals surface area contributed by atoms with Crippen molar-refractivity contribution in [3.63, 3.8) is 0 Å². The molecular formula is C8H16O3. The van der Waals surface area contributed by atoms with Gasteiger partial charge in [-0.2, -0.15) is 0 Å². The summed E-state index contributed by atoms with van der Waals surface area (Å²) in [7, 11) is 0. The molecule has 0 aliphatic heterocycles.